The highest BCUT2D eigenvalue weighted by atomic mass is 28.3. The first-order valence-electron chi connectivity index (χ1n) is 15.6. The van der Waals surface area contributed by atoms with Crippen LogP contribution in [0, 0.1) is 28.4 Å². The summed E-state index contributed by atoms with van der Waals surface area (Å²) in [6.45, 7) is 8.81. The van der Waals surface area contributed by atoms with Crippen LogP contribution in [0.1, 0.15) is 12.5 Å². The van der Waals surface area contributed by atoms with Gasteiger partial charge in [0.2, 0.25) is 0 Å². The number of halogens is 5. The number of hydrogen-bond acceptors (Lipinski definition) is 7. The quantitative estimate of drug-likeness (QED) is 0.0816. The van der Waals surface area contributed by atoms with Crippen LogP contribution in [0.15, 0.2) is 48.8 Å². The maximum Gasteiger partial charge on any atom is 0.422 e. The van der Waals surface area contributed by atoms with E-state index in [0.29, 0.717) is 48.5 Å². The number of fused-ring (bicyclic) bond motifs is 1. The van der Waals surface area contributed by atoms with Crippen LogP contribution in [0.3, 0.4) is 0 Å². The zero-order valence-electron chi connectivity index (χ0n) is 27.8. The van der Waals surface area contributed by atoms with E-state index in [-0.39, 0.29) is 34.9 Å². The van der Waals surface area contributed by atoms with Gasteiger partial charge in [-0.2, -0.15) is 18.4 Å². The molecule has 0 bridgehead atoms. The maximum absolute atomic E-state index is 15.4. The number of benzene rings is 2. The molecule has 0 unspecified atom stereocenters. The van der Waals surface area contributed by atoms with Gasteiger partial charge in [0.1, 0.15) is 29.9 Å². The number of hydrogen-bond donors (Lipinski definition) is 2. The number of rotatable bonds is 13. The zero-order valence-corrected chi connectivity index (χ0v) is 28.8. The molecule has 1 fully saturated rings. The molecule has 4 aromatic rings. The molecule has 0 aliphatic carbocycles. The Hall–Kier alpha value is -4.72. The fourth-order valence-corrected chi connectivity index (χ4v) is 5.82. The lowest BCUT2D eigenvalue weighted by molar-refractivity contribution is -0.153. The third kappa shape index (κ3) is 9.08. The largest absolute Gasteiger partial charge is 0.483 e. The van der Waals surface area contributed by atoms with Crippen molar-refractivity contribution in [3.63, 3.8) is 0 Å². The molecule has 16 heteroatoms. The summed E-state index contributed by atoms with van der Waals surface area (Å²) < 4.78 is 92.7. The Labute approximate surface area is 286 Å². The molecule has 1 saturated heterocycles. The summed E-state index contributed by atoms with van der Waals surface area (Å²) in [5, 5.41) is 15.1. The van der Waals surface area contributed by atoms with Crippen molar-refractivity contribution in [2.45, 2.75) is 45.5 Å². The van der Waals surface area contributed by atoms with Gasteiger partial charge < -0.3 is 34.1 Å². The number of ether oxygens (including phenoxy) is 4. The van der Waals surface area contributed by atoms with Crippen molar-refractivity contribution >= 4 is 30.8 Å². The van der Waals surface area contributed by atoms with E-state index in [1.54, 1.807) is 10.8 Å². The smallest absolute Gasteiger partial charge is 0.422 e. The molecular formula is C34H36F5N5O5Si. The molecule has 266 valence electrons. The van der Waals surface area contributed by atoms with Gasteiger partial charge in [-0.05, 0) is 29.8 Å². The van der Waals surface area contributed by atoms with E-state index >= 15 is 8.78 Å². The van der Waals surface area contributed by atoms with E-state index < -0.39 is 44.3 Å². The molecule has 2 aromatic carbocycles. The van der Waals surface area contributed by atoms with Gasteiger partial charge in [-0.3, -0.25) is 0 Å². The summed E-state index contributed by atoms with van der Waals surface area (Å²) in [5.41, 5.74) is 0.584. The van der Waals surface area contributed by atoms with Crippen molar-refractivity contribution in [2.24, 2.45) is 5.41 Å². The Morgan fingerprint density at radius 2 is 1.84 bits per heavy atom. The van der Waals surface area contributed by atoms with Crippen LogP contribution in [0.4, 0.5) is 32.4 Å². The van der Waals surface area contributed by atoms with Crippen molar-refractivity contribution < 1.29 is 45.7 Å². The predicted octanol–water partition coefficient (Wildman–Crippen LogP) is 8.06. The summed E-state index contributed by atoms with van der Waals surface area (Å²) in [4.78, 5) is 16.8. The predicted molar refractivity (Wildman–Crippen MR) is 178 cm³/mol. The highest BCUT2D eigenvalue weighted by molar-refractivity contribution is 6.76. The number of pyridine rings is 1. The van der Waals surface area contributed by atoms with Gasteiger partial charge >= 0.3 is 12.2 Å². The van der Waals surface area contributed by atoms with Crippen molar-refractivity contribution in [2.75, 3.05) is 38.3 Å². The van der Waals surface area contributed by atoms with Gasteiger partial charge in [0.05, 0.1) is 24.2 Å². The molecular weight excluding hydrogens is 681 g/mol. The van der Waals surface area contributed by atoms with Crippen LogP contribution < -0.4 is 20.1 Å². The molecule has 1 aliphatic rings. The highest BCUT2D eigenvalue weighted by Gasteiger charge is 2.33. The topological polar surface area (TPSA) is 120 Å². The van der Waals surface area contributed by atoms with Crippen LogP contribution in [0.2, 0.25) is 25.7 Å². The Morgan fingerprint density at radius 1 is 1.12 bits per heavy atom. The highest BCUT2D eigenvalue weighted by Crippen LogP contribution is 2.41. The Balaban J connectivity index is 1.47. The molecule has 1 aliphatic heterocycles. The molecule has 0 saturated carbocycles. The first-order chi connectivity index (χ1) is 23.5. The molecule has 5 rings (SSSR count). The Bertz CT molecular complexity index is 1890. The van der Waals surface area contributed by atoms with Crippen LogP contribution in [-0.2, 0) is 16.2 Å². The second kappa shape index (κ2) is 14.6. The van der Waals surface area contributed by atoms with Crippen LogP contribution in [0.25, 0.3) is 22.2 Å². The second-order valence-electron chi connectivity index (χ2n) is 13.6. The third-order valence-corrected chi connectivity index (χ3v) is 9.50. The minimum Gasteiger partial charge on any atom is -0.483 e. The number of nitrogens with one attached hydrogen (secondary N) is 2. The van der Waals surface area contributed by atoms with Crippen molar-refractivity contribution in [3.05, 3.63) is 66.0 Å². The number of aromatic nitrogens is 2. The van der Waals surface area contributed by atoms with E-state index in [2.05, 4.69) is 35.3 Å². The lowest BCUT2D eigenvalue weighted by Crippen LogP contribution is -2.49. The lowest BCUT2D eigenvalue weighted by Gasteiger charge is -2.37. The van der Waals surface area contributed by atoms with Crippen LogP contribution >= 0.6 is 0 Å². The monoisotopic (exact) mass is 717 g/mol. The van der Waals surface area contributed by atoms with Crippen LogP contribution in [-0.4, -0.2) is 62.8 Å². The molecule has 0 radical (unpaired) electrons. The van der Waals surface area contributed by atoms with Gasteiger partial charge in [0.25, 0.3) is 0 Å². The second-order valence-corrected chi connectivity index (χ2v) is 19.2. The number of anilines is 1. The minimum atomic E-state index is -4.61. The zero-order chi connectivity index (χ0) is 36.3. The number of amides is 2. The average Bonchev–Trinajstić information content (AvgIpc) is 3.40. The summed E-state index contributed by atoms with van der Waals surface area (Å²) in [6.07, 6.45) is -1.57. The van der Waals surface area contributed by atoms with E-state index in [1.165, 1.54) is 30.5 Å². The molecule has 2 N–H and O–H groups in total. The summed E-state index contributed by atoms with van der Waals surface area (Å²) in [5.74, 6) is -3.22. The Kier molecular flexibility index (Phi) is 10.7. The van der Waals surface area contributed by atoms with Gasteiger partial charge in [0.15, 0.2) is 24.0 Å². The number of carbonyl (C=O) groups is 1. The Morgan fingerprint density at radius 3 is 2.46 bits per heavy atom. The van der Waals surface area contributed by atoms with Crippen LogP contribution in [0.5, 0.6) is 17.2 Å². The van der Waals surface area contributed by atoms with Gasteiger partial charge in [0, 0.05) is 62.4 Å². The fraction of sp³-hybridized carbons (Fsp3) is 0.382. The summed E-state index contributed by atoms with van der Waals surface area (Å²) >= 11 is 0. The molecule has 3 heterocycles. The maximum atomic E-state index is 15.4. The van der Waals surface area contributed by atoms with Gasteiger partial charge in [-0.15, -0.1) is 0 Å². The first-order valence-corrected chi connectivity index (χ1v) is 19.3. The number of nitrogens with zero attached hydrogens (tertiary/aromatic N) is 3. The molecule has 0 atom stereocenters. The molecule has 2 aromatic heterocycles. The summed E-state index contributed by atoms with van der Waals surface area (Å²) in [7, 11) is -1.40. The van der Waals surface area contributed by atoms with E-state index in [9.17, 15) is 23.2 Å². The number of nitriles is 1. The van der Waals surface area contributed by atoms with Crippen molar-refractivity contribution in [1.82, 2.24) is 14.9 Å². The molecule has 10 nitrogen and oxygen atoms in total. The average molecular weight is 718 g/mol. The minimum absolute atomic E-state index is 0.00559. The van der Waals surface area contributed by atoms with E-state index in [0.717, 1.165) is 18.2 Å². The third-order valence-electron chi connectivity index (χ3n) is 7.79. The van der Waals surface area contributed by atoms with Gasteiger partial charge in [-0.25, -0.2) is 18.6 Å². The number of alkyl halides is 3. The number of urea groups is 1. The SMILES string of the molecule is CC1(CNC(=O)Nc2cc(F)c(Oc3ccnc4c3c(-c3ccc(OCC(F)(F)F)c(C#N)c3)cn4COCC[Si](C)(C)C)c(F)c2)COC1. The van der Waals surface area contributed by atoms with E-state index in [1.807, 2.05) is 13.0 Å². The van der Waals surface area contributed by atoms with Gasteiger partial charge in [-0.1, -0.05) is 32.6 Å². The number of carbonyl (C=O) groups excluding carboxylic acids is 1. The molecule has 2 amide bonds. The molecule has 50 heavy (non-hydrogen) atoms. The van der Waals surface area contributed by atoms with Crippen molar-refractivity contribution in [1.29, 1.82) is 5.26 Å². The molecule has 0 spiro atoms. The first kappa shape index (κ1) is 36.6. The van der Waals surface area contributed by atoms with Crippen molar-refractivity contribution in [3.8, 4) is 34.4 Å². The summed E-state index contributed by atoms with van der Waals surface area (Å²) in [6, 6.07) is 9.39. The standard InChI is InChI=1S/C34H36F5N5O5Si/c1-33(17-47-18-33)16-42-32(45)43-23-12-25(35)30(26(36)13-23)49-28-7-8-41-31-29(28)24(15-44(31)20-46-9-10-50(2,3)4)21-5-6-27(22(11-21)14-40)48-19-34(37,38)39/h5-8,11-13,15H,9-10,16-20H2,1-4H3,(H2,42,43,45). The van der Waals surface area contributed by atoms with E-state index in [4.69, 9.17) is 18.9 Å². The lowest BCUT2D eigenvalue weighted by atomic mass is 9.89. The fourth-order valence-electron chi connectivity index (χ4n) is 5.06. The normalized spacial score (nSPS) is 14.2.